The number of hydrogen-bond acceptors (Lipinski definition) is 6. The number of para-hydroxylation sites is 1. The highest BCUT2D eigenvalue weighted by Crippen LogP contribution is 2.30. The van der Waals surface area contributed by atoms with Gasteiger partial charge >= 0.3 is 5.69 Å². The molecule has 0 saturated carbocycles. The first-order chi connectivity index (χ1) is 14.1. The lowest BCUT2D eigenvalue weighted by Crippen LogP contribution is -2.32. The van der Waals surface area contributed by atoms with Crippen molar-refractivity contribution in [3.63, 3.8) is 0 Å². The Morgan fingerprint density at radius 2 is 1.97 bits per heavy atom. The summed E-state index contributed by atoms with van der Waals surface area (Å²) in [6, 6.07) is 12.6. The van der Waals surface area contributed by atoms with Crippen LogP contribution in [0.4, 0.5) is 0 Å². The molecule has 29 heavy (non-hydrogen) atoms. The molecule has 8 nitrogen and oxygen atoms in total. The third kappa shape index (κ3) is 3.82. The Kier molecular flexibility index (Phi) is 5.24. The van der Waals surface area contributed by atoms with Crippen molar-refractivity contribution in [2.45, 2.75) is 25.3 Å². The summed E-state index contributed by atoms with van der Waals surface area (Å²) in [5.41, 5.74) is 0.0493. The van der Waals surface area contributed by atoms with Crippen LogP contribution in [0.3, 0.4) is 0 Å². The van der Waals surface area contributed by atoms with Gasteiger partial charge in [-0.1, -0.05) is 24.3 Å². The van der Waals surface area contributed by atoms with Gasteiger partial charge in [-0.3, -0.25) is 19.8 Å². The number of H-pyrrole nitrogens is 1. The van der Waals surface area contributed by atoms with Crippen LogP contribution in [0.1, 0.15) is 36.4 Å². The largest absolute Gasteiger partial charge is 0.493 e. The van der Waals surface area contributed by atoms with E-state index in [1.54, 1.807) is 36.5 Å². The number of rotatable bonds is 4. The minimum absolute atomic E-state index is 0.0509. The highest BCUT2D eigenvalue weighted by atomic mass is 16.3. The van der Waals surface area contributed by atoms with E-state index in [1.165, 1.54) is 6.21 Å². The molecule has 1 atom stereocenters. The molecule has 1 saturated heterocycles. The van der Waals surface area contributed by atoms with Gasteiger partial charge in [-0.25, -0.2) is 9.36 Å². The monoisotopic (exact) mass is 391 g/mol. The maximum absolute atomic E-state index is 12.3. The van der Waals surface area contributed by atoms with Crippen LogP contribution in [-0.2, 0) is 0 Å². The van der Waals surface area contributed by atoms with E-state index in [0.29, 0.717) is 5.69 Å². The van der Waals surface area contributed by atoms with Crippen LogP contribution in [0.2, 0.25) is 0 Å². The number of benzene rings is 1. The maximum Gasteiger partial charge on any atom is 0.335 e. The smallest absolute Gasteiger partial charge is 0.335 e. The Labute approximate surface area is 166 Å². The first-order valence-corrected chi connectivity index (χ1v) is 9.49. The summed E-state index contributed by atoms with van der Waals surface area (Å²) < 4.78 is 1.05. The highest BCUT2D eigenvalue weighted by Gasteiger charge is 2.23. The average Bonchev–Trinajstić information content (AvgIpc) is 2.75. The van der Waals surface area contributed by atoms with Gasteiger partial charge < -0.3 is 5.11 Å². The lowest BCUT2D eigenvalue weighted by atomic mass is 9.98. The molecule has 2 aromatic heterocycles. The molecule has 4 rings (SSSR count). The summed E-state index contributed by atoms with van der Waals surface area (Å²) >= 11 is 0. The molecule has 1 aromatic carbocycles. The molecule has 1 aliphatic rings. The zero-order chi connectivity index (χ0) is 20.2. The van der Waals surface area contributed by atoms with Gasteiger partial charge in [-0.05, 0) is 43.0 Å². The van der Waals surface area contributed by atoms with E-state index in [0.717, 1.165) is 35.9 Å². The summed E-state index contributed by atoms with van der Waals surface area (Å²) in [7, 11) is 0. The summed E-state index contributed by atoms with van der Waals surface area (Å²) in [6.07, 6.45) is 7.86. The number of aromatic hydroxyl groups is 1. The molecule has 0 bridgehead atoms. The molecule has 0 amide bonds. The summed E-state index contributed by atoms with van der Waals surface area (Å²) in [4.78, 5) is 31.0. The van der Waals surface area contributed by atoms with Crippen LogP contribution < -0.4 is 11.2 Å². The van der Waals surface area contributed by atoms with E-state index in [2.05, 4.69) is 15.1 Å². The quantitative estimate of drug-likeness (QED) is 0.664. The normalized spacial score (nSPS) is 17.0. The summed E-state index contributed by atoms with van der Waals surface area (Å²) in [5, 5.41) is 17.0. The standard InChI is InChI=1S/C21H21N5O3/c27-19-17(20(28)26(21(29)24-19)16-8-2-1-3-9-16)14-23-25-12-5-4-10-18(25)15-7-6-11-22-13-15/h1-3,6-9,11,13-14,18,28H,4-5,10,12H2,(H,24,27,29)/t18-/m0/s1. The molecule has 1 aliphatic heterocycles. The van der Waals surface area contributed by atoms with Gasteiger partial charge in [0.1, 0.15) is 5.56 Å². The second-order valence-corrected chi connectivity index (χ2v) is 6.87. The topological polar surface area (TPSA) is 104 Å². The zero-order valence-corrected chi connectivity index (χ0v) is 15.7. The van der Waals surface area contributed by atoms with E-state index in [1.807, 2.05) is 23.3 Å². The molecule has 0 spiro atoms. The fraction of sp³-hybridized carbons (Fsp3) is 0.238. The van der Waals surface area contributed by atoms with E-state index >= 15 is 0 Å². The highest BCUT2D eigenvalue weighted by molar-refractivity contribution is 5.82. The van der Waals surface area contributed by atoms with E-state index < -0.39 is 17.1 Å². The lowest BCUT2D eigenvalue weighted by molar-refractivity contribution is 0.156. The molecule has 1 fully saturated rings. The number of hydrazone groups is 1. The first kappa shape index (κ1) is 18.7. The van der Waals surface area contributed by atoms with Crippen LogP contribution >= 0.6 is 0 Å². The van der Waals surface area contributed by atoms with Gasteiger partial charge in [-0.2, -0.15) is 5.10 Å². The fourth-order valence-corrected chi connectivity index (χ4v) is 3.57. The third-order valence-electron chi connectivity index (χ3n) is 5.01. The molecular formula is C21H21N5O3. The molecular weight excluding hydrogens is 370 g/mol. The van der Waals surface area contributed by atoms with Gasteiger partial charge in [0.2, 0.25) is 5.88 Å². The van der Waals surface area contributed by atoms with Gasteiger partial charge in [0.05, 0.1) is 17.9 Å². The number of nitrogens with one attached hydrogen (secondary N) is 1. The number of nitrogens with zero attached hydrogens (tertiary/aromatic N) is 4. The Morgan fingerprint density at radius 1 is 1.14 bits per heavy atom. The Bertz CT molecular complexity index is 1120. The third-order valence-corrected chi connectivity index (χ3v) is 5.01. The molecule has 2 N–H and O–H groups in total. The van der Waals surface area contributed by atoms with E-state index in [9.17, 15) is 14.7 Å². The number of pyridine rings is 1. The van der Waals surface area contributed by atoms with E-state index in [4.69, 9.17) is 0 Å². The number of aromatic nitrogens is 3. The van der Waals surface area contributed by atoms with Gasteiger partial charge in [0, 0.05) is 18.9 Å². The van der Waals surface area contributed by atoms with Gasteiger partial charge in [0.15, 0.2) is 0 Å². The molecule has 8 heteroatoms. The van der Waals surface area contributed by atoms with Crippen molar-refractivity contribution in [1.29, 1.82) is 0 Å². The van der Waals surface area contributed by atoms with Crippen LogP contribution in [0.5, 0.6) is 5.88 Å². The number of aromatic amines is 1. The van der Waals surface area contributed by atoms with Crippen LogP contribution in [-0.4, -0.2) is 37.4 Å². The van der Waals surface area contributed by atoms with Gasteiger partial charge in [0.25, 0.3) is 5.56 Å². The molecule has 0 unspecified atom stereocenters. The molecule has 148 valence electrons. The second kappa shape index (κ2) is 8.14. The Hall–Kier alpha value is -3.68. The zero-order valence-electron chi connectivity index (χ0n) is 15.7. The predicted molar refractivity (Wildman–Crippen MR) is 109 cm³/mol. The van der Waals surface area contributed by atoms with Crippen molar-refractivity contribution in [1.82, 2.24) is 19.5 Å². The lowest BCUT2D eigenvalue weighted by Gasteiger charge is -2.33. The van der Waals surface area contributed by atoms with Crippen molar-refractivity contribution >= 4 is 6.21 Å². The van der Waals surface area contributed by atoms with Crippen LogP contribution in [0.25, 0.3) is 5.69 Å². The van der Waals surface area contributed by atoms with Crippen LogP contribution in [0.15, 0.2) is 69.5 Å². The number of hydrogen-bond donors (Lipinski definition) is 2. The Morgan fingerprint density at radius 3 is 2.72 bits per heavy atom. The average molecular weight is 391 g/mol. The summed E-state index contributed by atoms with van der Waals surface area (Å²) in [5.74, 6) is -0.441. The van der Waals surface area contributed by atoms with Crippen molar-refractivity contribution in [2.75, 3.05) is 6.54 Å². The number of piperidine rings is 1. The van der Waals surface area contributed by atoms with Crippen LogP contribution in [0, 0.1) is 0 Å². The maximum atomic E-state index is 12.3. The predicted octanol–water partition coefficient (Wildman–Crippen LogP) is 2.19. The van der Waals surface area contributed by atoms with Crippen molar-refractivity contribution in [3.05, 3.63) is 86.8 Å². The molecule has 0 radical (unpaired) electrons. The molecule has 0 aliphatic carbocycles. The van der Waals surface area contributed by atoms with Gasteiger partial charge in [-0.15, -0.1) is 0 Å². The second-order valence-electron chi connectivity index (χ2n) is 6.87. The molecule has 3 heterocycles. The van der Waals surface area contributed by atoms with Crippen molar-refractivity contribution in [2.24, 2.45) is 5.10 Å². The van der Waals surface area contributed by atoms with E-state index in [-0.39, 0.29) is 11.6 Å². The fourth-order valence-electron chi connectivity index (χ4n) is 3.57. The SMILES string of the molecule is O=c1[nH]c(=O)n(-c2ccccc2)c(O)c1C=NN1CCCC[C@H]1c1cccnc1. The Balaban J connectivity index is 1.71. The minimum Gasteiger partial charge on any atom is -0.493 e. The van der Waals surface area contributed by atoms with Crippen molar-refractivity contribution < 1.29 is 5.11 Å². The minimum atomic E-state index is -0.706. The van der Waals surface area contributed by atoms with Crippen molar-refractivity contribution in [3.8, 4) is 11.6 Å². The first-order valence-electron chi connectivity index (χ1n) is 9.49. The summed E-state index contributed by atoms with van der Waals surface area (Å²) in [6.45, 7) is 0.729. The molecule has 3 aromatic rings.